The lowest BCUT2D eigenvalue weighted by molar-refractivity contribution is -0.130. The van der Waals surface area contributed by atoms with E-state index in [0.29, 0.717) is 5.90 Å². The molecule has 5 rings (SSSR count). The molecule has 0 unspecified atom stereocenters. The van der Waals surface area contributed by atoms with E-state index in [0.717, 1.165) is 39.0 Å². The minimum absolute atomic E-state index is 0.240. The van der Waals surface area contributed by atoms with Gasteiger partial charge in [-0.2, -0.15) is 0 Å². The third-order valence-electron chi connectivity index (χ3n) is 4.77. The normalized spacial score (nSPS) is 17.0. The van der Waals surface area contributed by atoms with Crippen molar-refractivity contribution in [1.82, 2.24) is 0 Å². The van der Waals surface area contributed by atoms with Crippen LogP contribution in [-0.2, 0) is 9.53 Å². The number of fused-ring (bicyclic) bond motifs is 2. The minimum Gasteiger partial charge on any atom is -0.454 e. The molecule has 0 saturated heterocycles. The quantitative estimate of drug-likeness (QED) is 0.479. The van der Waals surface area contributed by atoms with Gasteiger partial charge < -0.3 is 14.2 Å². The number of carbonyl (C=O) groups excluding carboxylic acids is 1. The molecule has 3 aromatic rings. The van der Waals surface area contributed by atoms with Gasteiger partial charge in [-0.05, 0) is 59.2 Å². The van der Waals surface area contributed by atoms with Crippen molar-refractivity contribution in [2.24, 2.45) is 4.99 Å². The number of nitrogens with zero attached hydrogens (tertiary/aromatic N) is 1. The Hall–Kier alpha value is -3.86. The number of allylic oxidation sites excluding steroid dienone is 2. The molecule has 0 amide bonds. The number of carbonyl (C=O) groups is 1. The maximum Gasteiger partial charge on any atom is 0.363 e. The predicted molar refractivity (Wildman–Crippen MR) is 111 cm³/mol. The first kappa shape index (κ1) is 17.3. The molecule has 0 bridgehead atoms. The van der Waals surface area contributed by atoms with Crippen molar-refractivity contribution in [3.05, 3.63) is 89.1 Å². The fourth-order valence-corrected chi connectivity index (χ4v) is 3.38. The van der Waals surface area contributed by atoms with Crippen molar-refractivity contribution in [3.8, 4) is 11.5 Å². The predicted octanol–water partition coefficient (Wildman–Crippen LogP) is 4.86. The average Bonchev–Trinajstić information content (AvgIpc) is 3.34. The summed E-state index contributed by atoms with van der Waals surface area (Å²) in [6, 6.07) is 19.6. The first-order valence-electron chi connectivity index (χ1n) is 9.25. The molecule has 0 radical (unpaired) electrons. The summed E-state index contributed by atoms with van der Waals surface area (Å²) < 4.78 is 16.1. The van der Waals surface area contributed by atoms with E-state index in [1.54, 1.807) is 6.08 Å². The van der Waals surface area contributed by atoms with E-state index < -0.39 is 5.97 Å². The second-order valence-electron chi connectivity index (χ2n) is 6.90. The monoisotopic (exact) mass is 383 g/mol. The van der Waals surface area contributed by atoms with E-state index in [-0.39, 0.29) is 12.5 Å². The van der Waals surface area contributed by atoms with Crippen LogP contribution in [0.5, 0.6) is 11.5 Å². The van der Waals surface area contributed by atoms with Crippen molar-refractivity contribution < 1.29 is 19.0 Å². The molecule has 0 saturated carbocycles. The average molecular weight is 383 g/mol. The summed E-state index contributed by atoms with van der Waals surface area (Å²) in [6.45, 7) is 2.15. The maximum atomic E-state index is 12.3. The van der Waals surface area contributed by atoms with E-state index in [4.69, 9.17) is 14.2 Å². The Kier molecular flexibility index (Phi) is 4.13. The first-order valence-corrected chi connectivity index (χ1v) is 9.25. The summed E-state index contributed by atoms with van der Waals surface area (Å²) >= 11 is 0. The van der Waals surface area contributed by atoms with Gasteiger partial charge in [0.1, 0.15) is 0 Å². The van der Waals surface area contributed by atoms with Crippen molar-refractivity contribution in [2.75, 3.05) is 6.79 Å². The number of ether oxygens (including phenoxy) is 3. The molecule has 0 atom stereocenters. The van der Waals surface area contributed by atoms with Crippen LogP contribution in [0.4, 0.5) is 0 Å². The summed E-state index contributed by atoms with van der Waals surface area (Å²) in [5, 5.41) is 2.19. The van der Waals surface area contributed by atoms with Crippen molar-refractivity contribution in [2.45, 2.75) is 6.92 Å². The molecule has 2 aliphatic rings. The number of benzene rings is 3. The van der Waals surface area contributed by atoms with Gasteiger partial charge in [0.15, 0.2) is 17.2 Å². The number of rotatable bonds is 3. The second kappa shape index (κ2) is 6.95. The zero-order valence-corrected chi connectivity index (χ0v) is 15.7. The highest BCUT2D eigenvalue weighted by Gasteiger charge is 2.24. The highest BCUT2D eigenvalue weighted by molar-refractivity contribution is 6.12. The molecule has 0 spiro atoms. The maximum absolute atomic E-state index is 12.3. The molecule has 5 nitrogen and oxygen atoms in total. The van der Waals surface area contributed by atoms with Gasteiger partial charge in [0, 0.05) is 5.56 Å². The fraction of sp³-hybridized carbons (Fsp3) is 0.0833. The molecule has 2 aliphatic heterocycles. The molecule has 2 heterocycles. The highest BCUT2D eigenvalue weighted by atomic mass is 16.7. The molecular formula is C24H17NO4. The topological polar surface area (TPSA) is 57.1 Å². The molecule has 0 fully saturated rings. The molecule has 0 aliphatic carbocycles. The Morgan fingerprint density at radius 1 is 0.966 bits per heavy atom. The fourth-order valence-electron chi connectivity index (χ4n) is 3.38. The molecule has 142 valence electrons. The van der Waals surface area contributed by atoms with Crippen LogP contribution in [0.1, 0.15) is 18.1 Å². The Balaban J connectivity index is 1.43. The lowest BCUT2D eigenvalue weighted by Crippen LogP contribution is -2.05. The minimum atomic E-state index is -0.452. The van der Waals surface area contributed by atoms with Crippen LogP contribution < -0.4 is 9.47 Å². The molecule has 0 aromatic heterocycles. The molecule has 3 aromatic carbocycles. The van der Waals surface area contributed by atoms with Crippen LogP contribution in [0.3, 0.4) is 0 Å². The van der Waals surface area contributed by atoms with Gasteiger partial charge in [0.25, 0.3) is 0 Å². The van der Waals surface area contributed by atoms with Crippen LogP contribution >= 0.6 is 0 Å². The van der Waals surface area contributed by atoms with E-state index >= 15 is 0 Å². The summed E-state index contributed by atoms with van der Waals surface area (Å²) in [4.78, 5) is 16.7. The molecule has 0 N–H and O–H groups in total. The Morgan fingerprint density at radius 2 is 1.79 bits per heavy atom. The van der Waals surface area contributed by atoms with Crippen LogP contribution in [0.15, 0.2) is 83.0 Å². The lowest BCUT2D eigenvalue weighted by Gasteiger charge is -2.02. The van der Waals surface area contributed by atoms with Crippen LogP contribution in [0, 0.1) is 0 Å². The van der Waals surface area contributed by atoms with Crippen molar-refractivity contribution in [3.63, 3.8) is 0 Å². The first-order chi connectivity index (χ1) is 14.2. The van der Waals surface area contributed by atoms with Gasteiger partial charge in [-0.3, -0.25) is 0 Å². The zero-order chi connectivity index (χ0) is 19.8. The van der Waals surface area contributed by atoms with Crippen molar-refractivity contribution in [1.29, 1.82) is 0 Å². The van der Waals surface area contributed by atoms with Gasteiger partial charge >= 0.3 is 5.97 Å². The van der Waals surface area contributed by atoms with E-state index in [1.165, 1.54) is 0 Å². The number of hydrogen-bond donors (Lipinski definition) is 0. The number of cyclic esters (lactones) is 1. The van der Waals surface area contributed by atoms with E-state index in [2.05, 4.69) is 4.99 Å². The SMILES string of the molecule is CC(/C=C1\N=C(c2ccc3ccccc3c2)OC1=O)=C\c1ccc2c(c1)OCO2. The number of hydrogen-bond acceptors (Lipinski definition) is 5. The Morgan fingerprint density at radius 3 is 2.69 bits per heavy atom. The summed E-state index contributed by atoms with van der Waals surface area (Å²) in [5.41, 5.74) is 2.88. The Bertz CT molecular complexity index is 1240. The van der Waals surface area contributed by atoms with Crippen LogP contribution in [-0.4, -0.2) is 18.7 Å². The van der Waals surface area contributed by atoms with Crippen LogP contribution in [0.2, 0.25) is 0 Å². The molecule has 5 heteroatoms. The number of esters is 1. The third-order valence-corrected chi connectivity index (χ3v) is 4.77. The smallest absolute Gasteiger partial charge is 0.363 e. The summed E-state index contributed by atoms with van der Waals surface area (Å²) in [5.74, 6) is 1.33. The van der Waals surface area contributed by atoms with Gasteiger partial charge in [0.2, 0.25) is 12.7 Å². The lowest BCUT2D eigenvalue weighted by atomic mass is 10.1. The summed E-state index contributed by atoms with van der Waals surface area (Å²) in [6.07, 6.45) is 3.67. The molecular weight excluding hydrogens is 366 g/mol. The van der Waals surface area contributed by atoms with Gasteiger partial charge in [-0.25, -0.2) is 9.79 Å². The summed E-state index contributed by atoms with van der Waals surface area (Å²) in [7, 11) is 0. The molecule has 29 heavy (non-hydrogen) atoms. The second-order valence-corrected chi connectivity index (χ2v) is 6.90. The largest absolute Gasteiger partial charge is 0.454 e. The number of aliphatic imine (C=N–C) groups is 1. The van der Waals surface area contributed by atoms with Gasteiger partial charge in [0.05, 0.1) is 0 Å². The third kappa shape index (κ3) is 3.38. The van der Waals surface area contributed by atoms with Crippen LogP contribution in [0.25, 0.3) is 16.8 Å². The van der Waals surface area contributed by atoms with E-state index in [9.17, 15) is 4.79 Å². The standard InChI is InChI=1S/C24H17NO4/c1-15(10-16-6-9-21-22(12-16)28-14-27-21)11-20-24(26)29-23(25-20)19-8-7-17-4-2-3-5-18(17)13-19/h2-13H,14H2,1H3/b15-10+,20-11-. The van der Waals surface area contributed by atoms with Gasteiger partial charge in [-0.15, -0.1) is 0 Å². The Labute approximate surface area is 167 Å². The zero-order valence-electron chi connectivity index (χ0n) is 15.7. The highest BCUT2D eigenvalue weighted by Crippen LogP contribution is 2.33. The van der Waals surface area contributed by atoms with E-state index in [1.807, 2.05) is 73.7 Å². The van der Waals surface area contributed by atoms with Crippen molar-refractivity contribution >= 4 is 28.7 Å². The van der Waals surface area contributed by atoms with Gasteiger partial charge in [-0.1, -0.05) is 42.5 Å².